The molecule has 2 heterocycles. The Kier molecular flexibility index (Phi) is 15.6. The number of hydrogen-bond acceptors (Lipinski definition) is 9. The van der Waals surface area contributed by atoms with E-state index >= 15 is 0 Å². The van der Waals surface area contributed by atoms with Crippen molar-refractivity contribution in [1.29, 1.82) is 0 Å². The fourth-order valence-electron chi connectivity index (χ4n) is 4.39. The van der Waals surface area contributed by atoms with Gasteiger partial charge in [-0.2, -0.15) is 0 Å². The highest BCUT2D eigenvalue weighted by Crippen LogP contribution is 2.33. The highest BCUT2D eigenvalue weighted by Gasteiger charge is 2.22. The van der Waals surface area contributed by atoms with E-state index in [1.165, 1.54) is 19.3 Å². The lowest BCUT2D eigenvalue weighted by Crippen LogP contribution is -2.47. The highest BCUT2D eigenvalue weighted by molar-refractivity contribution is 5.85. The van der Waals surface area contributed by atoms with E-state index in [0.717, 1.165) is 57.4 Å². The van der Waals surface area contributed by atoms with Gasteiger partial charge in [0.2, 0.25) is 0 Å². The normalized spacial score (nSPS) is 16.3. The molecule has 9 nitrogen and oxygen atoms in total. The molecule has 0 amide bonds. The third-order valence-electron chi connectivity index (χ3n) is 6.27. The van der Waals surface area contributed by atoms with Gasteiger partial charge in [-0.1, -0.05) is 0 Å². The van der Waals surface area contributed by atoms with E-state index in [-0.39, 0.29) is 38.0 Å². The molecule has 2 fully saturated rings. The van der Waals surface area contributed by atoms with Crippen molar-refractivity contribution in [3.05, 3.63) is 18.2 Å². The summed E-state index contributed by atoms with van der Waals surface area (Å²) < 4.78 is 21.3. The number of anilines is 1. The second-order valence-corrected chi connectivity index (χ2v) is 8.63. The third-order valence-corrected chi connectivity index (χ3v) is 6.27. The molecule has 2 aliphatic rings. The van der Waals surface area contributed by atoms with Crippen molar-refractivity contribution in [2.24, 2.45) is 5.92 Å². The summed E-state index contributed by atoms with van der Waals surface area (Å²) in [5, 5.41) is 3.44. The molecule has 0 unspecified atom stereocenters. The fraction of sp³-hybridized carbons (Fsp3) is 0.680. The van der Waals surface area contributed by atoms with Gasteiger partial charge in [0.25, 0.3) is 0 Å². The average Bonchev–Trinajstić information content (AvgIpc) is 2.86. The number of esters is 2. The molecule has 1 aromatic carbocycles. The van der Waals surface area contributed by atoms with Crippen molar-refractivity contribution < 1.29 is 28.5 Å². The van der Waals surface area contributed by atoms with E-state index in [2.05, 4.69) is 15.1 Å². The number of piperidine rings is 1. The van der Waals surface area contributed by atoms with Crippen LogP contribution in [-0.4, -0.2) is 89.1 Å². The van der Waals surface area contributed by atoms with Gasteiger partial charge in [-0.3, -0.25) is 4.90 Å². The van der Waals surface area contributed by atoms with Crippen LogP contribution < -0.4 is 19.7 Å². The molecule has 3 rings (SSSR count). The molecule has 0 aliphatic carbocycles. The fourth-order valence-corrected chi connectivity index (χ4v) is 4.39. The van der Waals surface area contributed by atoms with E-state index in [1.807, 2.05) is 12.1 Å². The van der Waals surface area contributed by atoms with Crippen LogP contribution in [0.4, 0.5) is 5.69 Å². The monoisotopic (exact) mass is 549 g/mol. The molecule has 0 atom stereocenters. The van der Waals surface area contributed by atoms with Gasteiger partial charge >= 0.3 is 11.9 Å². The van der Waals surface area contributed by atoms with E-state index in [0.29, 0.717) is 24.7 Å². The van der Waals surface area contributed by atoms with Crippen LogP contribution in [0.3, 0.4) is 0 Å². The molecule has 36 heavy (non-hydrogen) atoms. The van der Waals surface area contributed by atoms with Crippen LogP contribution in [-0.2, 0) is 19.1 Å². The molecule has 2 aliphatic heterocycles. The molecule has 0 radical (unpaired) electrons. The smallest absolute Gasteiger partial charge is 0.344 e. The second kappa shape index (κ2) is 17.5. The number of benzene rings is 1. The number of carbonyl (C=O) groups excluding carboxylic acids is 2. The molecule has 2 saturated heterocycles. The highest BCUT2D eigenvalue weighted by atomic mass is 35.5. The Hall–Kier alpha value is -1.94. The molecule has 0 bridgehead atoms. The maximum atomic E-state index is 11.9. The number of carbonyl (C=O) groups is 2. The number of piperazine rings is 1. The molecule has 206 valence electrons. The van der Waals surface area contributed by atoms with Gasteiger partial charge < -0.3 is 29.2 Å². The lowest BCUT2D eigenvalue weighted by atomic mass is 9.94. The maximum Gasteiger partial charge on any atom is 0.344 e. The van der Waals surface area contributed by atoms with Crippen LogP contribution in [0, 0.1) is 5.92 Å². The second-order valence-electron chi connectivity index (χ2n) is 8.63. The minimum absolute atomic E-state index is 0. The number of nitrogens with zero attached hydrogens (tertiary/aromatic N) is 2. The predicted octanol–water partition coefficient (Wildman–Crippen LogP) is 2.93. The Morgan fingerprint density at radius 2 is 1.53 bits per heavy atom. The topological polar surface area (TPSA) is 89.6 Å². The Labute approximate surface area is 227 Å². The molecule has 0 spiro atoms. The van der Waals surface area contributed by atoms with Crippen LogP contribution in [0.5, 0.6) is 11.5 Å². The zero-order valence-corrected chi connectivity index (χ0v) is 23.0. The Morgan fingerprint density at radius 1 is 0.917 bits per heavy atom. The number of rotatable bonds is 12. The van der Waals surface area contributed by atoms with Gasteiger partial charge in [0.05, 0.1) is 18.9 Å². The van der Waals surface area contributed by atoms with Gasteiger partial charge in [0.1, 0.15) is 11.5 Å². The average molecular weight is 551 g/mol. The summed E-state index contributed by atoms with van der Waals surface area (Å²) in [6, 6.07) is 5.46. The molecule has 11 heteroatoms. The van der Waals surface area contributed by atoms with E-state index in [4.69, 9.17) is 18.9 Å². The van der Waals surface area contributed by atoms with Crippen molar-refractivity contribution in [2.75, 3.05) is 77.1 Å². The Morgan fingerprint density at radius 3 is 2.14 bits per heavy atom. The van der Waals surface area contributed by atoms with Crippen LogP contribution in [0.2, 0.25) is 0 Å². The van der Waals surface area contributed by atoms with Gasteiger partial charge in [-0.05, 0) is 70.8 Å². The maximum absolute atomic E-state index is 11.9. The van der Waals surface area contributed by atoms with Crippen molar-refractivity contribution in [1.82, 2.24) is 10.2 Å². The summed E-state index contributed by atoms with van der Waals surface area (Å²) in [6.45, 7) is 10.9. The van der Waals surface area contributed by atoms with Crippen LogP contribution in [0.25, 0.3) is 0 Å². The van der Waals surface area contributed by atoms with Crippen LogP contribution in [0.1, 0.15) is 33.1 Å². The lowest BCUT2D eigenvalue weighted by molar-refractivity contribution is -0.146. The molecule has 1 N–H and O–H groups in total. The summed E-state index contributed by atoms with van der Waals surface area (Å²) in [4.78, 5) is 28.3. The van der Waals surface area contributed by atoms with Crippen molar-refractivity contribution in [2.45, 2.75) is 33.1 Å². The summed E-state index contributed by atoms with van der Waals surface area (Å²) in [7, 11) is 0. The van der Waals surface area contributed by atoms with Crippen molar-refractivity contribution >= 4 is 42.4 Å². The van der Waals surface area contributed by atoms with E-state index < -0.39 is 11.9 Å². The molecule has 0 saturated carbocycles. The molecular weight excluding hydrogens is 509 g/mol. The SMILES string of the molecule is CCOC(=O)COc1ccc(N2CCN(CCC3CCNCC3)CC2)c(OCC(=O)OCC)c1.Cl.Cl. The van der Waals surface area contributed by atoms with Gasteiger partial charge in [-0.15, -0.1) is 24.8 Å². The zero-order chi connectivity index (χ0) is 24.2. The predicted molar refractivity (Wildman–Crippen MR) is 144 cm³/mol. The van der Waals surface area contributed by atoms with Crippen LogP contribution in [0.15, 0.2) is 18.2 Å². The number of hydrogen-bond donors (Lipinski definition) is 1. The first kappa shape index (κ1) is 32.1. The third kappa shape index (κ3) is 10.6. The first-order valence-electron chi connectivity index (χ1n) is 12.5. The molecular formula is C25H41Cl2N3O6. The molecule has 0 aromatic heterocycles. The lowest BCUT2D eigenvalue weighted by Gasteiger charge is -2.37. The largest absolute Gasteiger partial charge is 0.482 e. The summed E-state index contributed by atoms with van der Waals surface area (Å²) in [5.41, 5.74) is 0.908. The van der Waals surface area contributed by atoms with E-state index in [1.54, 1.807) is 19.9 Å². The minimum atomic E-state index is -0.429. The number of halogens is 2. The first-order valence-corrected chi connectivity index (χ1v) is 12.5. The standard InChI is InChI=1S/C25H39N3O6.2ClH/c1-3-31-24(29)18-33-21-5-6-22(23(17-21)34-19-25(30)32-4-2)28-15-13-27(14-16-28)12-9-20-7-10-26-11-8-20;;/h5-6,17,20,26H,3-4,7-16,18-19H2,1-2H3;2*1H. The molecule has 1 aromatic rings. The van der Waals surface area contributed by atoms with Gasteiger partial charge in [0, 0.05) is 32.2 Å². The van der Waals surface area contributed by atoms with Crippen molar-refractivity contribution in [3.8, 4) is 11.5 Å². The Balaban J connectivity index is 0.00000324. The summed E-state index contributed by atoms with van der Waals surface area (Å²) in [5.74, 6) is 1.01. The van der Waals surface area contributed by atoms with Gasteiger partial charge in [0.15, 0.2) is 13.2 Å². The van der Waals surface area contributed by atoms with Gasteiger partial charge in [-0.25, -0.2) is 9.59 Å². The quantitative estimate of drug-likeness (QED) is 0.395. The summed E-state index contributed by atoms with van der Waals surface area (Å²) >= 11 is 0. The van der Waals surface area contributed by atoms with E-state index in [9.17, 15) is 9.59 Å². The van der Waals surface area contributed by atoms with Crippen molar-refractivity contribution in [3.63, 3.8) is 0 Å². The summed E-state index contributed by atoms with van der Waals surface area (Å²) in [6.07, 6.45) is 3.83. The first-order chi connectivity index (χ1) is 16.6. The zero-order valence-electron chi connectivity index (χ0n) is 21.4. The number of ether oxygens (including phenoxy) is 4. The minimum Gasteiger partial charge on any atom is -0.482 e. The van der Waals surface area contributed by atoms with Crippen LogP contribution >= 0.6 is 24.8 Å². The Bertz CT molecular complexity index is 787. The number of nitrogens with one attached hydrogen (secondary N) is 1.